The monoisotopic (exact) mass is 427 g/mol. The molecule has 0 saturated carbocycles. The Balaban J connectivity index is 1.34. The van der Waals surface area contributed by atoms with Crippen molar-refractivity contribution in [2.45, 2.75) is 44.0 Å². The van der Waals surface area contributed by atoms with E-state index in [2.05, 4.69) is 46.1 Å². The van der Waals surface area contributed by atoms with Gasteiger partial charge in [0, 0.05) is 31.7 Å². The van der Waals surface area contributed by atoms with Gasteiger partial charge in [-0.1, -0.05) is 29.8 Å². The quantitative estimate of drug-likeness (QED) is 0.743. The van der Waals surface area contributed by atoms with Crippen LogP contribution in [-0.2, 0) is 27.8 Å². The molecule has 1 amide bonds. The maximum atomic E-state index is 12.8. The third kappa shape index (κ3) is 5.09. The fourth-order valence-electron chi connectivity index (χ4n) is 4.20. The Morgan fingerprint density at radius 2 is 1.93 bits per heavy atom. The van der Waals surface area contributed by atoms with E-state index in [1.807, 2.05) is 0 Å². The van der Waals surface area contributed by atoms with Crippen LogP contribution in [-0.4, -0.2) is 38.9 Å². The van der Waals surface area contributed by atoms with E-state index < -0.39 is 10.0 Å². The van der Waals surface area contributed by atoms with E-state index in [9.17, 15) is 13.2 Å². The molecule has 2 aromatic rings. The second-order valence-corrected chi connectivity index (χ2v) is 10.2. The average Bonchev–Trinajstić information content (AvgIpc) is 3.07. The Bertz CT molecular complexity index is 1020. The van der Waals surface area contributed by atoms with Crippen LogP contribution in [0.1, 0.15) is 36.0 Å². The van der Waals surface area contributed by atoms with Gasteiger partial charge >= 0.3 is 0 Å². The molecule has 2 heterocycles. The third-order valence-electron chi connectivity index (χ3n) is 5.97. The molecule has 1 fully saturated rings. The molecule has 0 aliphatic carbocycles. The predicted octanol–water partition coefficient (Wildman–Crippen LogP) is 3.07. The molecule has 2 aromatic carbocycles. The molecule has 4 rings (SSSR count). The Labute approximate surface area is 178 Å². The van der Waals surface area contributed by atoms with Crippen LogP contribution < -0.4 is 10.0 Å². The van der Waals surface area contributed by atoms with Crippen molar-refractivity contribution < 1.29 is 13.2 Å². The number of carbonyl (C=O) groups excluding carboxylic acids is 1. The second kappa shape index (κ2) is 8.88. The number of hydrogen-bond donors (Lipinski definition) is 2. The number of nitrogens with zero attached hydrogens (tertiary/aromatic N) is 1. The number of benzene rings is 2. The topological polar surface area (TPSA) is 78.5 Å². The number of rotatable bonds is 6. The summed E-state index contributed by atoms with van der Waals surface area (Å²) in [4.78, 5) is 14.3. The molecule has 7 heteroatoms. The molecular formula is C23H29N3O3S. The van der Waals surface area contributed by atoms with Gasteiger partial charge in [0.05, 0.1) is 4.90 Å². The van der Waals surface area contributed by atoms with Gasteiger partial charge in [-0.15, -0.1) is 0 Å². The molecule has 0 radical (unpaired) electrons. The zero-order chi connectivity index (χ0) is 21.1. The minimum atomic E-state index is -3.57. The van der Waals surface area contributed by atoms with E-state index in [1.165, 1.54) is 11.1 Å². The minimum absolute atomic E-state index is 0.0149. The van der Waals surface area contributed by atoms with Gasteiger partial charge < -0.3 is 5.32 Å². The molecule has 30 heavy (non-hydrogen) atoms. The Hall–Kier alpha value is -2.22. The summed E-state index contributed by atoms with van der Waals surface area (Å²) in [5.74, 6) is 0.296. The first-order valence-corrected chi connectivity index (χ1v) is 12.1. The first-order valence-electron chi connectivity index (χ1n) is 10.6. The number of sulfonamides is 1. The molecule has 1 atom stereocenters. The summed E-state index contributed by atoms with van der Waals surface area (Å²) in [5.41, 5.74) is 4.15. The van der Waals surface area contributed by atoms with E-state index in [1.54, 1.807) is 18.2 Å². The lowest BCUT2D eigenvalue weighted by molar-refractivity contribution is -0.116. The second-order valence-electron chi connectivity index (χ2n) is 8.45. The molecular weight excluding hydrogens is 398 g/mol. The zero-order valence-electron chi connectivity index (χ0n) is 17.4. The summed E-state index contributed by atoms with van der Waals surface area (Å²) in [7, 11) is -3.57. The number of carbonyl (C=O) groups is 1. The van der Waals surface area contributed by atoms with Gasteiger partial charge in [-0.05, 0) is 68.0 Å². The fourth-order valence-corrected chi connectivity index (χ4v) is 5.37. The summed E-state index contributed by atoms with van der Waals surface area (Å²) >= 11 is 0. The van der Waals surface area contributed by atoms with Gasteiger partial charge in [0.15, 0.2) is 0 Å². The van der Waals surface area contributed by atoms with Crippen molar-refractivity contribution in [2.24, 2.45) is 5.92 Å². The van der Waals surface area contributed by atoms with Crippen LogP contribution >= 0.6 is 0 Å². The highest BCUT2D eigenvalue weighted by Gasteiger charge is 2.25. The van der Waals surface area contributed by atoms with Gasteiger partial charge in [-0.25, -0.2) is 13.1 Å². The van der Waals surface area contributed by atoms with Crippen LogP contribution in [0.4, 0.5) is 5.69 Å². The van der Waals surface area contributed by atoms with Crippen molar-refractivity contribution in [3.05, 3.63) is 59.2 Å². The summed E-state index contributed by atoms with van der Waals surface area (Å²) in [6.07, 6.45) is 2.89. The fraction of sp³-hybridized carbons (Fsp3) is 0.435. The van der Waals surface area contributed by atoms with Crippen molar-refractivity contribution in [1.29, 1.82) is 0 Å². The van der Waals surface area contributed by atoms with E-state index in [4.69, 9.17) is 0 Å². The number of anilines is 1. The van der Waals surface area contributed by atoms with Crippen LogP contribution in [0.15, 0.2) is 47.4 Å². The van der Waals surface area contributed by atoms with Gasteiger partial charge in [-0.3, -0.25) is 9.69 Å². The lowest BCUT2D eigenvalue weighted by atomic mass is 10.1. The summed E-state index contributed by atoms with van der Waals surface area (Å²) in [6, 6.07) is 13.5. The van der Waals surface area contributed by atoms with E-state index in [0.29, 0.717) is 25.3 Å². The Morgan fingerprint density at radius 3 is 2.73 bits per heavy atom. The number of amides is 1. The molecule has 160 valence electrons. The summed E-state index contributed by atoms with van der Waals surface area (Å²) in [6.45, 7) is 5.31. The third-order valence-corrected chi connectivity index (χ3v) is 7.39. The first kappa shape index (κ1) is 21.0. The zero-order valence-corrected chi connectivity index (χ0v) is 18.2. The molecule has 0 bridgehead atoms. The van der Waals surface area contributed by atoms with Crippen LogP contribution in [0.5, 0.6) is 0 Å². The number of nitrogens with one attached hydrogen (secondary N) is 2. The molecule has 6 nitrogen and oxygen atoms in total. The molecule has 2 aliphatic heterocycles. The molecule has 0 aromatic heterocycles. The normalized spacial score (nSPS) is 19.9. The van der Waals surface area contributed by atoms with Crippen LogP contribution in [0.25, 0.3) is 0 Å². The maximum Gasteiger partial charge on any atom is 0.240 e. The van der Waals surface area contributed by atoms with E-state index in [0.717, 1.165) is 43.7 Å². The van der Waals surface area contributed by atoms with Crippen molar-refractivity contribution in [1.82, 2.24) is 9.62 Å². The highest BCUT2D eigenvalue weighted by molar-refractivity contribution is 7.89. The largest absolute Gasteiger partial charge is 0.326 e. The van der Waals surface area contributed by atoms with Gasteiger partial charge in [0.1, 0.15) is 0 Å². The molecule has 0 spiro atoms. The number of aryl methyl sites for hydroxylation is 2. The standard InChI is InChI=1S/C23H29N3O3S/c1-17-5-7-18(8-6-17)15-26-12-11-19(16-26)14-24-30(28,29)21-9-10-22-20(13-21)3-2-4-23(27)25-22/h5-10,13,19,24H,2-4,11-12,14-16H2,1H3,(H,25,27)/t19-/m1/s1. The van der Waals surface area contributed by atoms with Gasteiger partial charge in [-0.2, -0.15) is 0 Å². The Kier molecular flexibility index (Phi) is 6.22. The molecule has 2 N–H and O–H groups in total. The van der Waals surface area contributed by atoms with Crippen LogP contribution in [0.2, 0.25) is 0 Å². The first-order chi connectivity index (χ1) is 14.4. The molecule has 1 saturated heterocycles. The van der Waals surface area contributed by atoms with E-state index in [-0.39, 0.29) is 10.8 Å². The van der Waals surface area contributed by atoms with Crippen molar-refractivity contribution in [3.8, 4) is 0 Å². The highest BCUT2D eigenvalue weighted by Crippen LogP contribution is 2.25. The van der Waals surface area contributed by atoms with Crippen LogP contribution in [0.3, 0.4) is 0 Å². The van der Waals surface area contributed by atoms with Crippen LogP contribution in [0, 0.1) is 12.8 Å². The predicted molar refractivity (Wildman–Crippen MR) is 118 cm³/mol. The summed E-state index contributed by atoms with van der Waals surface area (Å²) < 4.78 is 28.4. The molecule has 0 unspecified atom stereocenters. The van der Waals surface area contributed by atoms with E-state index >= 15 is 0 Å². The van der Waals surface area contributed by atoms with Crippen molar-refractivity contribution >= 4 is 21.6 Å². The number of hydrogen-bond acceptors (Lipinski definition) is 4. The van der Waals surface area contributed by atoms with Crippen molar-refractivity contribution in [2.75, 3.05) is 25.0 Å². The lowest BCUT2D eigenvalue weighted by Gasteiger charge is -2.17. The average molecular weight is 428 g/mol. The van der Waals surface area contributed by atoms with Crippen molar-refractivity contribution in [3.63, 3.8) is 0 Å². The number of fused-ring (bicyclic) bond motifs is 1. The lowest BCUT2D eigenvalue weighted by Crippen LogP contribution is -2.31. The van der Waals surface area contributed by atoms with Gasteiger partial charge in [0.25, 0.3) is 0 Å². The highest BCUT2D eigenvalue weighted by atomic mass is 32.2. The number of likely N-dealkylation sites (tertiary alicyclic amines) is 1. The Morgan fingerprint density at radius 1 is 1.13 bits per heavy atom. The maximum absolute atomic E-state index is 12.8. The minimum Gasteiger partial charge on any atom is -0.326 e. The molecule has 2 aliphatic rings. The van der Waals surface area contributed by atoms with Gasteiger partial charge in [0.2, 0.25) is 15.9 Å². The summed E-state index contributed by atoms with van der Waals surface area (Å²) in [5, 5.41) is 2.85. The smallest absolute Gasteiger partial charge is 0.240 e. The SMILES string of the molecule is Cc1ccc(CN2CC[C@H](CNS(=O)(=O)c3ccc4c(c3)CCCC(=O)N4)C2)cc1.